The smallest absolute Gasteiger partial charge is 0.0585 e. The van der Waals surface area contributed by atoms with Crippen molar-refractivity contribution >= 4 is 0 Å². The summed E-state index contributed by atoms with van der Waals surface area (Å²) in [6.45, 7) is 6.90. The Kier molecular flexibility index (Phi) is 7.87. The van der Waals surface area contributed by atoms with Crippen LogP contribution in [0.2, 0.25) is 0 Å². The minimum atomic E-state index is 0.259. The van der Waals surface area contributed by atoms with E-state index in [0.29, 0.717) is 0 Å². The van der Waals surface area contributed by atoms with Gasteiger partial charge >= 0.3 is 0 Å². The van der Waals surface area contributed by atoms with Gasteiger partial charge in [-0.25, -0.2) is 0 Å². The summed E-state index contributed by atoms with van der Waals surface area (Å²) in [6.07, 6.45) is 7.68. The van der Waals surface area contributed by atoms with Crippen molar-refractivity contribution in [3.05, 3.63) is 0 Å². The lowest BCUT2D eigenvalue weighted by atomic mass is 9.86. The summed E-state index contributed by atoms with van der Waals surface area (Å²) >= 11 is 0. The maximum Gasteiger partial charge on any atom is 0.0585 e. The zero-order valence-electron chi connectivity index (χ0n) is 12.5. The predicted octanol–water partition coefficient (Wildman–Crippen LogP) is 2.25. The van der Waals surface area contributed by atoms with E-state index in [2.05, 4.69) is 31.1 Å². The van der Waals surface area contributed by atoms with Crippen molar-refractivity contribution in [1.82, 2.24) is 10.2 Å². The van der Waals surface area contributed by atoms with Crippen LogP contribution in [0.15, 0.2) is 0 Å². The van der Waals surface area contributed by atoms with Gasteiger partial charge in [-0.05, 0) is 51.7 Å². The zero-order valence-corrected chi connectivity index (χ0v) is 12.5. The Morgan fingerprint density at radius 3 is 2.78 bits per heavy atom. The topological polar surface area (TPSA) is 35.5 Å². The molecule has 0 bridgehead atoms. The van der Waals surface area contributed by atoms with Crippen LogP contribution >= 0.6 is 0 Å². The fraction of sp³-hybridized carbons (Fsp3) is 1.00. The molecule has 1 aliphatic carbocycles. The molecule has 0 radical (unpaired) electrons. The van der Waals surface area contributed by atoms with Crippen LogP contribution in [0.1, 0.15) is 52.4 Å². The Morgan fingerprint density at radius 2 is 2.17 bits per heavy atom. The van der Waals surface area contributed by atoms with Crippen molar-refractivity contribution in [3.63, 3.8) is 0 Å². The maximum absolute atomic E-state index is 9.34. The van der Waals surface area contributed by atoms with E-state index in [1.165, 1.54) is 25.7 Å². The van der Waals surface area contributed by atoms with Crippen LogP contribution in [0.25, 0.3) is 0 Å². The highest BCUT2D eigenvalue weighted by Crippen LogP contribution is 2.26. The Balaban J connectivity index is 2.23. The highest BCUT2D eigenvalue weighted by Gasteiger charge is 2.22. The normalized spacial score (nSPS) is 26.5. The summed E-state index contributed by atoms with van der Waals surface area (Å²) in [6, 6.07) is 1.03. The highest BCUT2D eigenvalue weighted by atomic mass is 16.3. The van der Waals surface area contributed by atoms with E-state index in [4.69, 9.17) is 0 Å². The summed E-state index contributed by atoms with van der Waals surface area (Å²) in [7, 11) is 2.25. The largest absolute Gasteiger partial charge is 0.395 e. The molecular formula is C15H32N2O. The minimum Gasteiger partial charge on any atom is -0.395 e. The number of nitrogens with one attached hydrogen (secondary N) is 1. The molecule has 0 aromatic carbocycles. The third-order valence-electron chi connectivity index (χ3n) is 4.27. The van der Waals surface area contributed by atoms with E-state index in [1.807, 2.05) is 0 Å². The summed E-state index contributed by atoms with van der Waals surface area (Å²) in [5.41, 5.74) is 0. The summed E-state index contributed by atoms with van der Waals surface area (Å²) in [4.78, 5) is 2.51. The average Bonchev–Trinajstić information content (AvgIpc) is 2.38. The SMILES string of the molecule is CCCNC(CO)CCN(C)C1CCCC(C)C1. The number of hydrogen-bond acceptors (Lipinski definition) is 3. The molecule has 18 heavy (non-hydrogen) atoms. The lowest BCUT2D eigenvalue weighted by molar-refractivity contribution is 0.149. The van der Waals surface area contributed by atoms with E-state index in [9.17, 15) is 5.11 Å². The fourth-order valence-electron chi connectivity index (χ4n) is 2.95. The Hall–Kier alpha value is -0.120. The quantitative estimate of drug-likeness (QED) is 0.699. The lowest BCUT2D eigenvalue weighted by Gasteiger charge is -2.34. The third kappa shape index (κ3) is 5.68. The van der Waals surface area contributed by atoms with Crippen molar-refractivity contribution in [2.45, 2.75) is 64.5 Å². The molecule has 1 fully saturated rings. The molecule has 2 N–H and O–H groups in total. The third-order valence-corrected chi connectivity index (χ3v) is 4.27. The fourth-order valence-corrected chi connectivity index (χ4v) is 2.95. The molecule has 1 aliphatic rings. The second kappa shape index (κ2) is 8.89. The second-order valence-corrected chi connectivity index (χ2v) is 6.03. The maximum atomic E-state index is 9.34. The Labute approximate surface area is 113 Å². The molecule has 0 aromatic rings. The van der Waals surface area contributed by atoms with Crippen LogP contribution in [0.3, 0.4) is 0 Å². The van der Waals surface area contributed by atoms with Gasteiger partial charge in [-0.1, -0.05) is 26.7 Å². The first-order valence-electron chi connectivity index (χ1n) is 7.71. The van der Waals surface area contributed by atoms with E-state index in [0.717, 1.165) is 37.9 Å². The number of rotatable bonds is 8. The van der Waals surface area contributed by atoms with Gasteiger partial charge in [0.25, 0.3) is 0 Å². The molecule has 0 aromatic heterocycles. The van der Waals surface area contributed by atoms with Crippen LogP contribution in [0, 0.1) is 5.92 Å². The number of hydrogen-bond donors (Lipinski definition) is 2. The monoisotopic (exact) mass is 256 g/mol. The molecule has 108 valence electrons. The van der Waals surface area contributed by atoms with Gasteiger partial charge in [0.05, 0.1) is 6.61 Å². The molecule has 0 heterocycles. The van der Waals surface area contributed by atoms with Gasteiger partial charge in [0.2, 0.25) is 0 Å². The van der Waals surface area contributed by atoms with Crippen molar-refractivity contribution in [2.75, 3.05) is 26.7 Å². The van der Waals surface area contributed by atoms with Crippen molar-refractivity contribution < 1.29 is 5.11 Å². The molecule has 0 amide bonds. The molecule has 3 unspecified atom stereocenters. The molecule has 1 saturated carbocycles. The van der Waals surface area contributed by atoms with Gasteiger partial charge < -0.3 is 15.3 Å². The van der Waals surface area contributed by atoms with Gasteiger partial charge in [-0.2, -0.15) is 0 Å². The molecule has 0 aliphatic heterocycles. The molecule has 3 nitrogen and oxygen atoms in total. The summed E-state index contributed by atoms with van der Waals surface area (Å²) in [5.74, 6) is 0.887. The minimum absolute atomic E-state index is 0.259. The van der Waals surface area contributed by atoms with E-state index in [-0.39, 0.29) is 12.6 Å². The predicted molar refractivity (Wildman–Crippen MR) is 77.8 cm³/mol. The van der Waals surface area contributed by atoms with E-state index in [1.54, 1.807) is 0 Å². The second-order valence-electron chi connectivity index (χ2n) is 6.03. The Bertz CT molecular complexity index is 211. The van der Waals surface area contributed by atoms with Gasteiger partial charge in [0, 0.05) is 12.1 Å². The van der Waals surface area contributed by atoms with Crippen LogP contribution in [0.5, 0.6) is 0 Å². The molecule has 3 heteroatoms. The van der Waals surface area contributed by atoms with Crippen molar-refractivity contribution in [2.24, 2.45) is 5.92 Å². The van der Waals surface area contributed by atoms with Crippen molar-refractivity contribution in [3.8, 4) is 0 Å². The lowest BCUT2D eigenvalue weighted by Crippen LogP contribution is -2.40. The average molecular weight is 256 g/mol. The number of aliphatic hydroxyl groups excluding tert-OH is 1. The van der Waals surface area contributed by atoms with Crippen LogP contribution in [-0.2, 0) is 0 Å². The van der Waals surface area contributed by atoms with Gasteiger partial charge in [-0.15, -0.1) is 0 Å². The highest BCUT2D eigenvalue weighted by molar-refractivity contribution is 4.78. The zero-order chi connectivity index (χ0) is 13.4. The number of aliphatic hydroxyl groups is 1. The first-order valence-corrected chi connectivity index (χ1v) is 7.71. The standard InChI is InChI=1S/C15H32N2O/c1-4-9-16-14(12-18)8-10-17(3)15-7-5-6-13(2)11-15/h13-16,18H,4-12H2,1-3H3. The van der Waals surface area contributed by atoms with Gasteiger partial charge in [-0.3, -0.25) is 0 Å². The number of nitrogens with zero attached hydrogens (tertiary/aromatic N) is 1. The van der Waals surface area contributed by atoms with Crippen LogP contribution in [-0.4, -0.2) is 48.8 Å². The molecule has 3 atom stereocenters. The van der Waals surface area contributed by atoms with E-state index >= 15 is 0 Å². The molecule has 1 rings (SSSR count). The first-order chi connectivity index (χ1) is 8.67. The first kappa shape index (κ1) is 15.9. The van der Waals surface area contributed by atoms with Crippen molar-refractivity contribution in [1.29, 1.82) is 0 Å². The van der Waals surface area contributed by atoms with Gasteiger partial charge in [0.1, 0.15) is 0 Å². The molecule has 0 saturated heterocycles. The summed E-state index contributed by atoms with van der Waals surface area (Å²) < 4.78 is 0. The Morgan fingerprint density at radius 1 is 1.39 bits per heavy atom. The molecule has 0 spiro atoms. The van der Waals surface area contributed by atoms with Gasteiger partial charge in [0.15, 0.2) is 0 Å². The molecular weight excluding hydrogens is 224 g/mol. The van der Waals surface area contributed by atoms with Crippen LogP contribution < -0.4 is 5.32 Å². The summed E-state index contributed by atoms with van der Waals surface area (Å²) in [5, 5.41) is 12.7. The van der Waals surface area contributed by atoms with E-state index < -0.39 is 0 Å². The van der Waals surface area contributed by atoms with Crippen LogP contribution in [0.4, 0.5) is 0 Å².